The van der Waals surface area contributed by atoms with E-state index in [2.05, 4.69) is 20.3 Å². The highest BCUT2D eigenvalue weighted by atomic mass is 16.2. The number of hydrogen-bond acceptors (Lipinski definition) is 5. The Bertz CT molecular complexity index is 791. The highest BCUT2D eigenvalue weighted by Crippen LogP contribution is 2.14. The summed E-state index contributed by atoms with van der Waals surface area (Å²) in [6, 6.07) is 15.1. The van der Waals surface area contributed by atoms with Crippen LogP contribution >= 0.6 is 0 Å². The average Bonchev–Trinajstić information content (AvgIpc) is 2.67. The van der Waals surface area contributed by atoms with Gasteiger partial charge in [-0.1, -0.05) is 24.3 Å². The van der Waals surface area contributed by atoms with Gasteiger partial charge in [0.2, 0.25) is 0 Å². The maximum absolute atomic E-state index is 12.4. The van der Waals surface area contributed by atoms with Gasteiger partial charge in [-0.3, -0.25) is 9.78 Å². The van der Waals surface area contributed by atoms with Crippen molar-refractivity contribution < 1.29 is 4.79 Å². The Morgan fingerprint density at radius 3 is 2.46 bits per heavy atom. The lowest BCUT2D eigenvalue weighted by atomic mass is 10.3. The van der Waals surface area contributed by atoms with Gasteiger partial charge >= 0.3 is 0 Å². The lowest BCUT2D eigenvalue weighted by molar-refractivity contribution is 0.0988. The summed E-state index contributed by atoms with van der Waals surface area (Å²) in [5.74, 6) is 0.393. The van der Waals surface area contributed by atoms with E-state index in [4.69, 9.17) is 0 Å². The Morgan fingerprint density at radius 2 is 1.79 bits per heavy atom. The van der Waals surface area contributed by atoms with Crippen LogP contribution in [-0.2, 0) is 6.54 Å². The molecule has 0 aliphatic heterocycles. The molecular formula is C18H17N5O. The molecule has 3 aromatic rings. The van der Waals surface area contributed by atoms with Crippen LogP contribution in [0.25, 0.3) is 0 Å². The van der Waals surface area contributed by atoms with Crippen molar-refractivity contribution in [2.75, 3.05) is 17.3 Å². The van der Waals surface area contributed by atoms with Crippen molar-refractivity contribution in [3.05, 3.63) is 78.5 Å². The number of carbonyl (C=O) groups excluding carboxylic acids is 1. The minimum atomic E-state index is -0.204. The molecule has 0 aliphatic rings. The van der Waals surface area contributed by atoms with Crippen LogP contribution in [0.4, 0.5) is 11.5 Å². The number of anilines is 2. The summed E-state index contributed by atoms with van der Waals surface area (Å²) in [4.78, 5) is 26.6. The summed E-state index contributed by atoms with van der Waals surface area (Å²) in [6.45, 7) is 0.548. The van der Waals surface area contributed by atoms with Crippen LogP contribution in [-0.4, -0.2) is 27.9 Å². The third-order valence-electron chi connectivity index (χ3n) is 3.50. The molecule has 0 fully saturated rings. The topological polar surface area (TPSA) is 71.0 Å². The van der Waals surface area contributed by atoms with E-state index in [0.29, 0.717) is 18.1 Å². The Labute approximate surface area is 140 Å². The molecule has 0 radical (unpaired) electrons. The molecule has 120 valence electrons. The van der Waals surface area contributed by atoms with Gasteiger partial charge in [-0.05, 0) is 24.3 Å². The normalized spacial score (nSPS) is 10.2. The minimum Gasteiger partial charge on any atom is -0.363 e. The maximum Gasteiger partial charge on any atom is 0.278 e. The molecule has 0 saturated heterocycles. The molecule has 0 unspecified atom stereocenters. The molecule has 1 amide bonds. The number of carbonyl (C=O) groups is 1. The molecule has 2 heterocycles. The maximum atomic E-state index is 12.4. The van der Waals surface area contributed by atoms with Crippen molar-refractivity contribution in [2.45, 2.75) is 6.54 Å². The van der Waals surface area contributed by atoms with E-state index < -0.39 is 0 Å². The van der Waals surface area contributed by atoms with Crippen molar-refractivity contribution in [1.29, 1.82) is 0 Å². The van der Waals surface area contributed by atoms with Gasteiger partial charge in [0.15, 0.2) is 0 Å². The van der Waals surface area contributed by atoms with Gasteiger partial charge in [0.25, 0.3) is 5.91 Å². The Kier molecular flexibility index (Phi) is 4.76. The third-order valence-corrected chi connectivity index (χ3v) is 3.50. The Morgan fingerprint density at radius 1 is 1.00 bits per heavy atom. The van der Waals surface area contributed by atoms with Crippen molar-refractivity contribution >= 4 is 17.4 Å². The molecule has 0 spiro atoms. The monoisotopic (exact) mass is 319 g/mol. The first-order valence-electron chi connectivity index (χ1n) is 7.53. The number of hydrogen-bond donors (Lipinski definition) is 1. The summed E-state index contributed by atoms with van der Waals surface area (Å²) in [6.07, 6.45) is 4.77. The van der Waals surface area contributed by atoms with E-state index >= 15 is 0 Å². The van der Waals surface area contributed by atoms with Gasteiger partial charge in [0.1, 0.15) is 11.5 Å². The van der Waals surface area contributed by atoms with Gasteiger partial charge in [-0.25, -0.2) is 9.97 Å². The van der Waals surface area contributed by atoms with Gasteiger partial charge in [-0.2, -0.15) is 0 Å². The van der Waals surface area contributed by atoms with Crippen LogP contribution in [0, 0.1) is 0 Å². The summed E-state index contributed by atoms with van der Waals surface area (Å²) >= 11 is 0. The fourth-order valence-corrected chi connectivity index (χ4v) is 2.15. The zero-order chi connectivity index (χ0) is 16.8. The first kappa shape index (κ1) is 15.6. The zero-order valence-electron chi connectivity index (χ0n) is 13.3. The van der Waals surface area contributed by atoms with Gasteiger partial charge in [-0.15, -0.1) is 0 Å². The molecule has 2 aromatic heterocycles. The molecule has 0 bridgehead atoms. The summed E-state index contributed by atoms with van der Waals surface area (Å²) in [5.41, 5.74) is 2.01. The SMILES string of the molecule is CN(C(=O)c1cnc(NCc2ccccn2)cn1)c1ccccc1. The highest BCUT2D eigenvalue weighted by molar-refractivity contribution is 6.04. The number of para-hydroxylation sites is 1. The largest absolute Gasteiger partial charge is 0.363 e. The van der Waals surface area contributed by atoms with E-state index in [1.807, 2.05) is 48.5 Å². The fourth-order valence-electron chi connectivity index (χ4n) is 2.15. The standard InChI is InChI=1S/C18H17N5O/c1-23(15-8-3-2-4-9-15)18(24)16-12-22-17(13-20-16)21-11-14-7-5-6-10-19-14/h2-10,12-13H,11H2,1H3,(H,21,22). The predicted octanol–water partition coefficient (Wildman–Crippen LogP) is 2.76. The third kappa shape index (κ3) is 3.73. The predicted molar refractivity (Wildman–Crippen MR) is 92.8 cm³/mol. The second kappa shape index (κ2) is 7.32. The van der Waals surface area contributed by atoms with Gasteiger partial charge in [0.05, 0.1) is 24.6 Å². The molecule has 6 nitrogen and oxygen atoms in total. The van der Waals surface area contributed by atoms with Crippen LogP contribution in [0.5, 0.6) is 0 Å². The Hall–Kier alpha value is -3.28. The van der Waals surface area contributed by atoms with E-state index in [1.54, 1.807) is 24.3 Å². The van der Waals surface area contributed by atoms with E-state index in [-0.39, 0.29) is 5.91 Å². The first-order valence-corrected chi connectivity index (χ1v) is 7.53. The second-order valence-corrected chi connectivity index (χ2v) is 5.16. The van der Waals surface area contributed by atoms with Crippen LogP contribution in [0.15, 0.2) is 67.1 Å². The average molecular weight is 319 g/mol. The molecule has 0 atom stereocenters. The number of aromatic nitrogens is 3. The number of benzene rings is 1. The summed E-state index contributed by atoms with van der Waals surface area (Å²) < 4.78 is 0. The molecule has 0 aliphatic carbocycles. The molecule has 1 N–H and O–H groups in total. The summed E-state index contributed by atoms with van der Waals surface area (Å²) in [7, 11) is 1.71. The van der Waals surface area contributed by atoms with Crippen LogP contribution in [0.1, 0.15) is 16.2 Å². The van der Waals surface area contributed by atoms with Crippen LogP contribution in [0.2, 0.25) is 0 Å². The quantitative estimate of drug-likeness (QED) is 0.783. The van der Waals surface area contributed by atoms with Crippen LogP contribution in [0.3, 0.4) is 0 Å². The van der Waals surface area contributed by atoms with Crippen LogP contribution < -0.4 is 10.2 Å². The number of pyridine rings is 1. The highest BCUT2D eigenvalue weighted by Gasteiger charge is 2.15. The van der Waals surface area contributed by atoms with Gasteiger partial charge in [0, 0.05) is 18.9 Å². The smallest absolute Gasteiger partial charge is 0.278 e. The number of nitrogens with zero attached hydrogens (tertiary/aromatic N) is 4. The van der Waals surface area contributed by atoms with E-state index in [1.165, 1.54) is 6.20 Å². The molecular weight excluding hydrogens is 302 g/mol. The zero-order valence-corrected chi connectivity index (χ0v) is 13.3. The first-order chi connectivity index (χ1) is 11.7. The Balaban J connectivity index is 1.64. The number of nitrogens with one attached hydrogen (secondary N) is 1. The minimum absolute atomic E-state index is 0.204. The van der Waals surface area contributed by atoms with Crippen molar-refractivity contribution in [3.63, 3.8) is 0 Å². The van der Waals surface area contributed by atoms with E-state index in [0.717, 1.165) is 11.4 Å². The number of amides is 1. The molecule has 6 heteroatoms. The molecule has 3 rings (SSSR count). The van der Waals surface area contributed by atoms with Gasteiger partial charge < -0.3 is 10.2 Å². The molecule has 0 saturated carbocycles. The van der Waals surface area contributed by atoms with Crippen molar-refractivity contribution in [3.8, 4) is 0 Å². The second-order valence-electron chi connectivity index (χ2n) is 5.16. The lowest BCUT2D eigenvalue weighted by Gasteiger charge is -2.16. The number of rotatable bonds is 5. The molecule has 1 aromatic carbocycles. The van der Waals surface area contributed by atoms with E-state index in [9.17, 15) is 4.79 Å². The fraction of sp³-hybridized carbons (Fsp3) is 0.111. The van der Waals surface area contributed by atoms with Crippen molar-refractivity contribution in [2.24, 2.45) is 0 Å². The lowest BCUT2D eigenvalue weighted by Crippen LogP contribution is -2.27. The molecule has 24 heavy (non-hydrogen) atoms. The summed E-state index contributed by atoms with van der Waals surface area (Å²) in [5, 5.41) is 3.13. The van der Waals surface area contributed by atoms with Crippen molar-refractivity contribution in [1.82, 2.24) is 15.0 Å².